The van der Waals surface area contributed by atoms with Gasteiger partial charge in [-0.1, -0.05) is 56.5 Å². The van der Waals surface area contributed by atoms with E-state index >= 15 is 0 Å². The van der Waals surface area contributed by atoms with Gasteiger partial charge in [0.05, 0.1) is 0 Å². The minimum atomic E-state index is -1.07. The molecule has 0 saturated carbocycles. The van der Waals surface area contributed by atoms with Gasteiger partial charge < -0.3 is 15.7 Å². The summed E-state index contributed by atoms with van der Waals surface area (Å²) in [5.41, 5.74) is 0.557. The van der Waals surface area contributed by atoms with E-state index in [1.165, 1.54) is 0 Å². The Morgan fingerprint density at radius 3 is 2.45 bits per heavy atom. The highest BCUT2D eigenvalue weighted by Gasteiger charge is 2.21. The minimum absolute atomic E-state index is 0.447. The number of hydrogen-bond donors (Lipinski definition) is 3. The van der Waals surface area contributed by atoms with Crippen molar-refractivity contribution in [2.45, 2.75) is 38.6 Å². The first-order valence-electron chi connectivity index (χ1n) is 6.97. The molecule has 1 rings (SSSR count). The van der Waals surface area contributed by atoms with Crippen molar-refractivity contribution in [2.24, 2.45) is 0 Å². The molecule has 0 fully saturated rings. The van der Waals surface area contributed by atoms with Crippen LogP contribution in [-0.2, 0) is 4.79 Å². The maximum absolute atomic E-state index is 11.7. The Morgan fingerprint density at radius 1 is 1.15 bits per heavy atom. The Labute approximate surface area is 119 Å². The quantitative estimate of drug-likeness (QED) is 0.640. The highest BCUT2D eigenvalue weighted by Crippen LogP contribution is 2.12. The van der Waals surface area contributed by atoms with Gasteiger partial charge in [-0.3, -0.25) is 0 Å². The molecule has 0 aliphatic heterocycles. The molecule has 3 N–H and O–H groups in total. The molecular formula is C15H22N2O3. The van der Waals surface area contributed by atoms with Gasteiger partial charge in [0.2, 0.25) is 0 Å². The Kier molecular flexibility index (Phi) is 7.17. The van der Waals surface area contributed by atoms with Crippen LogP contribution in [0.4, 0.5) is 4.79 Å². The largest absolute Gasteiger partial charge is 0.479 e. The molecular weight excluding hydrogens is 256 g/mol. The van der Waals surface area contributed by atoms with Crippen LogP contribution in [0.3, 0.4) is 0 Å². The summed E-state index contributed by atoms with van der Waals surface area (Å²) in [5, 5.41) is 14.3. The average Bonchev–Trinajstić information content (AvgIpc) is 2.45. The molecule has 5 heteroatoms. The Hall–Kier alpha value is -2.04. The zero-order valence-electron chi connectivity index (χ0n) is 11.8. The van der Waals surface area contributed by atoms with Crippen molar-refractivity contribution in [3.63, 3.8) is 0 Å². The van der Waals surface area contributed by atoms with Crippen LogP contribution in [0.5, 0.6) is 0 Å². The van der Waals surface area contributed by atoms with Crippen LogP contribution < -0.4 is 10.6 Å². The van der Waals surface area contributed by atoms with Crippen LogP contribution in [0.1, 0.15) is 44.2 Å². The summed E-state index contributed by atoms with van der Waals surface area (Å²) in [6, 6.07) is 7.19. The average molecular weight is 278 g/mol. The Bertz CT molecular complexity index is 420. The fourth-order valence-electron chi connectivity index (χ4n) is 1.87. The number of benzene rings is 1. The number of amides is 2. The number of hydrogen-bond acceptors (Lipinski definition) is 2. The standard InChI is InChI=1S/C15H22N2O3/c1-2-3-4-8-11-16-15(20)17-13(14(18)19)12-9-6-5-7-10-12/h5-7,9-10,13H,2-4,8,11H2,1H3,(H,18,19)(H2,16,17,20). The number of carboxylic acids is 1. The summed E-state index contributed by atoms with van der Waals surface area (Å²) < 4.78 is 0. The molecule has 1 unspecified atom stereocenters. The third-order valence-corrected chi connectivity index (χ3v) is 2.97. The molecule has 0 radical (unpaired) electrons. The Morgan fingerprint density at radius 2 is 1.85 bits per heavy atom. The lowest BCUT2D eigenvalue weighted by molar-refractivity contribution is -0.139. The van der Waals surface area contributed by atoms with Crippen LogP contribution in [0.15, 0.2) is 30.3 Å². The SMILES string of the molecule is CCCCCCNC(=O)NC(C(=O)O)c1ccccc1. The third-order valence-electron chi connectivity index (χ3n) is 2.97. The summed E-state index contributed by atoms with van der Waals surface area (Å²) in [7, 11) is 0. The van der Waals surface area contributed by atoms with Gasteiger partial charge in [0, 0.05) is 6.54 Å². The molecule has 1 aromatic rings. The second-order valence-electron chi connectivity index (χ2n) is 4.64. The van der Waals surface area contributed by atoms with Crippen LogP contribution in [-0.4, -0.2) is 23.7 Å². The van der Waals surface area contributed by atoms with Crippen molar-refractivity contribution >= 4 is 12.0 Å². The lowest BCUT2D eigenvalue weighted by atomic mass is 10.1. The van der Waals surface area contributed by atoms with Gasteiger partial charge in [0.1, 0.15) is 0 Å². The number of carboxylic acid groups (broad SMARTS) is 1. The van der Waals surface area contributed by atoms with Crippen LogP contribution in [0, 0.1) is 0 Å². The van der Waals surface area contributed by atoms with Crippen molar-refractivity contribution in [2.75, 3.05) is 6.54 Å². The number of aliphatic carboxylic acids is 1. The van der Waals surface area contributed by atoms with Gasteiger partial charge in [-0.05, 0) is 12.0 Å². The maximum Gasteiger partial charge on any atom is 0.330 e. The fraction of sp³-hybridized carbons (Fsp3) is 0.467. The van der Waals surface area contributed by atoms with E-state index in [0.717, 1.165) is 25.7 Å². The second kappa shape index (κ2) is 8.96. The number of urea groups is 1. The summed E-state index contributed by atoms with van der Waals surface area (Å²) in [6.45, 7) is 2.68. The topological polar surface area (TPSA) is 78.4 Å². The molecule has 0 aromatic heterocycles. The van der Waals surface area contributed by atoms with E-state index in [0.29, 0.717) is 12.1 Å². The second-order valence-corrected chi connectivity index (χ2v) is 4.64. The van der Waals surface area contributed by atoms with Gasteiger partial charge in [-0.25, -0.2) is 9.59 Å². The highest BCUT2D eigenvalue weighted by atomic mass is 16.4. The summed E-state index contributed by atoms with van der Waals surface area (Å²) in [6.07, 6.45) is 4.26. The van der Waals surface area contributed by atoms with Crippen molar-refractivity contribution in [1.29, 1.82) is 0 Å². The predicted molar refractivity (Wildman–Crippen MR) is 77.5 cm³/mol. The molecule has 0 saturated heterocycles. The van der Waals surface area contributed by atoms with Gasteiger partial charge in [-0.2, -0.15) is 0 Å². The fourth-order valence-corrected chi connectivity index (χ4v) is 1.87. The molecule has 110 valence electrons. The molecule has 5 nitrogen and oxygen atoms in total. The third kappa shape index (κ3) is 5.73. The van der Waals surface area contributed by atoms with Crippen molar-refractivity contribution in [3.05, 3.63) is 35.9 Å². The predicted octanol–water partition coefficient (Wildman–Crippen LogP) is 2.69. The monoisotopic (exact) mass is 278 g/mol. The van der Waals surface area contributed by atoms with Crippen molar-refractivity contribution in [1.82, 2.24) is 10.6 Å². The lowest BCUT2D eigenvalue weighted by Gasteiger charge is -2.15. The molecule has 0 bridgehead atoms. The highest BCUT2D eigenvalue weighted by molar-refractivity contribution is 5.83. The molecule has 1 aromatic carbocycles. The van der Waals surface area contributed by atoms with E-state index in [4.69, 9.17) is 0 Å². The lowest BCUT2D eigenvalue weighted by Crippen LogP contribution is -2.41. The molecule has 2 amide bonds. The van der Waals surface area contributed by atoms with Gasteiger partial charge in [0.25, 0.3) is 0 Å². The normalized spacial score (nSPS) is 11.7. The van der Waals surface area contributed by atoms with E-state index in [9.17, 15) is 14.7 Å². The number of nitrogens with one attached hydrogen (secondary N) is 2. The molecule has 0 spiro atoms. The number of carbonyl (C=O) groups is 2. The van der Waals surface area contributed by atoms with Crippen molar-refractivity contribution in [3.8, 4) is 0 Å². The molecule has 1 atom stereocenters. The maximum atomic E-state index is 11.7. The first-order chi connectivity index (χ1) is 9.65. The summed E-state index contributed by atoms with van der Waals surface area (Å²) >= 11 is 0. The van der Waals surface area contributed by atoms with E-state index in [2.05, 4.69) is 17.6 Å². The van der Waals surface area contributed by atoms with Gasteiger partial charge in [0.15, 0.2) is 6.04 Å². The van der Waals surface area contributed by atoms with Gasteiger partial charge in [-0.15, -0.1) is 0 Å². The van der Waals surface area contributed by atoms with Gasteiger partial charge >= 0.3 is 12.0 Å². The molecule has 20 heavy (non-hydrogen) atoms. The summed E-state index contributed by atoms with van der Waals surface area (Å²) in [5.74, 6) is -1.07. The smallest absolute Gasteiger partial charge is 0.330 e. The van der Waals surface area contributed by atoms with Crippen LogP contribution in [0.2, 0.25) is 0 Å². The molecule has 0 aliphatic rings. The van der Waals surface area contributed by atoms with Crippen LogP contribution >= 0.6 is 0 Å². The summed E-state index contributed by atoms with van der Waals surface area (Å²) in [4.78, 5) is 22.9. The van der Waals surface area contributed by atoms with E-state index < -0.39 is 18.0 Å². The zero-order valence-corrected chi connectivity index (χ0v) is 11.8. The van der Waals surface area contributed by atoms with E-state index in [-0.39, 0.29) is 0 Å². The minimum Gasteiger partial charge on any atom is -0.479 e. The van der Waals surface area contributed by atoms with Crippen LogP contribution in [0.25, 0.3) is 0 Å². The molecule has 0 heterocycles. The number of carbonyl (C=O) groups excluding carboxylic acids is 1. The molecule has 0 aliphatic carbocycles. The van der Waals surface area contributed by atoms with E-state index in [1.807, 2.05) is 0 Å². The first kappa shape index (κ1) is 16.0. The number of rotatable bonds is 8. The number of unbranched alkanes of at least 4 members (excludes halogenated alkanes) is 3. The Balaban J connectivity index is 2.43. The zero-order chi connectivity index (χ0) is 14.8. The first-order valence-corrected chi connectivity index (χ1v) is 6.97. The van der Waals surface area contributed by atoms with Crippen molar-refractivity contribution < 1.29 is 14.7 Å². The van der Waals surface area contributed by atoms with E-state index in [1.54, 1.807) is 30.3 Å².